The number of carbonyl (C=O) groups is 1. The average Bonchev–Trinajstić information content (AvgIpc) is 2.01. The first kappa shape index (κ1) is 8.47. The Morgan fingerprint density at radius 1 is 1.64 bits per heavy atom. The van der Waals surface area contributed by atoms with Gasteiger partial charge in [0.1, 0.15) is 5.78 Å². The molecule has 0 atom stereocenters. The van der Waals surface area contributed by atoms with Crippen LogP contribution in [-0.4, -0.2) is 30.3 Å². The predicted molar refractivity (Wildman–Crippen MR) is 45.5 cm³/mol. The standard InChI is InChI=1S/C9H15NO/c1-2-3-6-10-7-4-5-9(11)8-10/h2H,1,3-8H2. The Labute approximate surface area is 67.9 Å². The topological polar surface area (TPSA) is 20.3 Å². The van der Waals surface area contributed by atoms with Crippen molar-refractivity contribution in [1.29, 1.82) is 0 Å². The van der Waals surface area contributed by atoms with Gasteiger partial charge in [-0.1, -0.05) is 6.08 Å². The molecule has 62 valence electrons. The maximum atomic E-state index is 11.0. The molecule has 1 rings (SSSR count). The quantitative estimate of drug-likeness (QED) is 0.568. The van der Waals surface area contributed by atoms with Crippen molar-refractivity contribution in [3.05, 3.63) is 12.7 Å². The zero-order valence-electron chi connectivity index (χ0n) is 6.88. The van der Waals surface area contributed by atoms with Crippen molar-refractivity contribution < 1.29 is 4.79 Å². The van der Waals surface area contributed by atoms with Crippen molar-refractivity contribution in [2.45, 2.75) is 19.3 Å². The SMILES string of the molecule is C=CCCN1CCCC(=O)C1. The van der Waals surface area contributed by atoms with E-state index in [-0.39, 0.29) is 0 Å². The minimum Gasteiger partial charge on any atom is -0.298 e. The molecule has 0 saturated carbocycles. The molecule has 1 fully saturated rings. The minimum atomic E-state index is 0.389. The molecule has 2 heteroatoms. The molecule has 0 amide bonds. The molecule has 1 aliphatic heterocycles. The van der Waals surface area contributed by atoms with Crippen LogP contribution in [0, 0.1) is 0 Å². The molecular weight excluding hydrogens is 138 g/mol. The number of piperidine rings is 1. The lowest BCUT2D eigenvalue weighted by atomic mass is 10.1. The maximum Gasteiger partial charge on any atom is 0.146 e. The highest BCUT2D eigenvalue weighted by molar-refractivity contribution is 5.81. The molecule has 0 radical (unpaired) electrons. The lowest BCUT2D eigenvalue weighted by Gasteiger charge is -2.24. The second kappa shape index (κ2) is 4.29. The van der Waals surface area contributed by atoms with Crippen LogP contribution in [0.1, 0.15) is 19.3 Å². The summed E-state index contributed by atoms with van der Waals surface area (Å²) < 4.78 is 0. The van der Waals surface area contributed by atoms with Gasteiger partial charge in [-0.05, 0) is 19.4 Å². The zero-order valence-corrected chi connectivity index (χ0v) is 6.88. The summed E-state index contributed by atoms with van der Waals surface area (Å²) in [5, 5.41) is 0. The van der Waals surface area contributed by atoms with Gasteiger partial charge in [0, 0.05) is 13.0 Å². The van der Waals surface area contributed by atoms with E-state index in [4.69, 9.17) is 0 Å². The Morgan fingerprint density at radius 2 is 2.45 bits per heavy atom. The van der Waals surface area contributed by atoms with Gasteiger partial charge in [0.2, 0.25) is 0 Å². The number of likely N-dealkylation sites (tertiary alicyclic amines) is 1. The molecule has 0 aromatic heterocycles. The second-order valence-electron chi connectivity index (χ2n) is 3.00. The highest BCUT2D eigenvalue weighted by Gasteiger charge is 2.14. The van der Waals surface area contributed by atoms with Crippen molar-refractivity contribution >= 4 is 5.78 Å². The number of ketones is 1. The van der Waals surface area contributed by atoms with E-state index in [0.29, 0.717) is 12.3 Å². The van der Waals surface area contributed by atoms with E-state index in [9.17, 15) is 4.79 Å². The van der Waals surface area contributed by atoms with E-state index >= 15 is 0 Å². The van der Waals surface area contributed by atoms with Gasteiger partial charge in [-0.2, -0.15) is 0 Å². The Hall–Kier alpha value is -0.630. The average molecular weight is 153 g/mol. The van der Waals surface area contributed by atoms with Crippen LogP contribution in [0.25, 0.3) is 0 Å². The smallest absolute Gasteiger partial charge is 0.146 e. The highest BCUT2D eigenvalue weighted by Crippen LogP contribution is 2.05. The third kappa shape index (κ3) is 2.85. The highest BCUT2D eigenvalue weighted by atomic mass is 16.1. The molecule has 1 heterocycles. The Balaban J connectivity index is 2.22. The molecular formula is C9H15NO. The normalized spacial score (nSPS) is 20.2. The number of carbonyl (C=O) groups excluding carboxylic acids is 1. The molecule has 0 aliphatic carbocycles. The van der Waals surface area contributed by atoms with Gasteiger partial charge in [0.25, 0.3) is 0 Å². The van der Waals surface area contributed by atoms with Gasteiger partial charge in [0.15, 0.2) is 0 Å². The summed E-state index contributed by atoms with van der Waals surface area (Å²) in [6.45, 7) is 6.39. The van der Waals surface area contributed by atoms with Crippen molar-refractivity contribution in [3.8, 4) is 0 Å². The molecule has 1 aliphatic rings. The summed E-state index contributed by atoms with van der Waals surface area (Å²) in [6.07, 6.45) is 4.72. The molecule has 11 heavy (non-hydrogen) atoms. The van der Waals surface area contributed by atoms with Gasteiger partial charge >= 0.3 is 0 Å². The fraction of sp³-hybridized carbons (Fsp3) is 0.667. The fourth-order valence-electron chi connectivity index (χ4n) is 1.37. The summed E-state index contributed by atoms with van der Waals surface area (Å²) in [6, 6.07) is 0. The van der Waals surface area contributed by atoms with Gasteiger partial charge in [0.05, 0.1) is 6.54 Å². The van der Waals surface area contributed by atoms with Crippen LogP contribution >= 0.6 is 0 Å². The number of Topliss-reactive ketones (excluding diaryl/α,β-unsaturated/α-hetero) is 1. The summed E-state index contributed by atoms with van der Waals surface area (Å²) >= 11 is 0. The summed E-state index contributed by atoms with van der Waals surface area (Å²) in [5.41, 5.74) is 0. The molecule has 1 saturated heterocycles. The van der Waals surface area contributed by atoms with E-state index in [2.05, 4.69) is 11.5 Å². The fourth-order valence-corrected chi connectivity index (χ4v) is 1.37. The molecule has 0 aromatic rings. The first-order valence-electron chi connectivity index (χ1n) is 4.18. The van der Waals surface area contributed by atoms with Crippen LogP contribution in [0.2, 0.25) is 0 Å². The molecule has 0 bridgehead atoms. The lowest BCUT2D eigenvalue weighted by Crippen LogP contribution is -2.35. The van der Waals surface area contributed by atoms with E-state index in [1.165, 1.54) is 0 Å². The van der Waals surface area contributed by atoms with E-state index in [1.807, 2.05) is 6.08 Å². The number of nitrogens with zero attached hydrogens (tertiary/aromatic N) is 1. The van der Waals surface area contributed by atoms with Crippen molar-refractivity contribution in [1.82, 2.24) is 4.90 Å². The minimum absolute atomic E-state index is 0.389. The predicted octanol–water partition coefficient (Wildman–Crippen LogP) is 1.23. The largest absolute Gasteiger partial charge is 0.298 e. The van der Waals surface area contributed by atoms with Crippen LogP contribution in [0.4, 0.5) is 0 Å². The van der Waals surface area contributed by atoms with E-state index < -0.39 is 0 Å². The molecule has 0 N–H and O–H groups in total. The van der Waals surface area contributed by atoms with Crippen LogP contribution in [0.3, 0.4) is 0 Å². The Morgan fingerprint density at radius 3 is 3.09 bits per heavy atom. The lowest BCUT2D eigenvalue weighted by molar-refractivity contribution is -0.122. The maximum absolute atomic E-state index is 11.0. The van der Waals surface area contributed by atoms with Crippen LogP contribution in [-0.2, 0) is 4.79 Å². The molecule has 0 aromatic carbocycles. The second-order valence-corrected chi connectivity index (χ2v) is 3.00. The zero-order chi connectivity index (χ0) is 8.10. The van der Waals surface area contributed by atoms with Crippen molar-refractivity contribution in [3.63, 3.8) is 0 Å². The molecule has 2 nitrogen and oxygen atoms in total. The van der Waals surface area contributed by atoms with Crippen LogP contribution < -0.4 is 0 Å². The Bertz CT molecular complexity index is 154. The van der Waals surface area contributed by atoms with Gasteiger partial charge < -0.3 is 0 Å². The van der Waals surface area contributed by atoms with Crippen LogP contribution in [0.5, 0.6) is 0 Å². The summed E-state index contributed by atoms with van der Waals surface area (Å²) in [4.78, 5) is 13.2. The van der Waals surface area contributed by atoms with Gasteiger partial charge in [-0.3, -0.25) is 9.69 Å². The van der Waals surface area contributed by atoms with Crippen LogP contribution in [0.15, 0.2) is 12.7 Å². The molecule has 0 unspecified atom stereocenters. The van der Waals surface area contributed by atoms with E-state index in [0.717, 1.165) is 32.4 Å². The summed E-state index contributed by atoms with van der Waals surface area (Å²) in [7, 11) is 0. The summed E-state index contributed by atoms with van der Waals surface area (Å²) in [5.74, 6) is 0.389. The monoisotopic (exact) mass is 153 g/mol. The first-order valence-corrected chi connectivity index (χ1v) is 4.18. The third-order valence-corrected chi connectivity index (χ3v) is 1.98. The van der Waals surface area contributed by atoms with Gasteiger partial charge in [-0.25, -0.2) is 0 Å². The third-order valence-electron chi connectivity index (χ3n) is 1.98. The number of hydrogen-bond acceptors (Lipinski definition) is 2. The van der Waals surface area contributed by atoms with Gasteiger partial charge in [-0.15, -0.1) is 6.58 Å². The first-order chi connectivity index (χ1) is 5.33. The number of rotatable bonds is 3. The number of hydrogen-bond donors (Lipinski definition) is 0. The van der Waals surface area contributed by atoms with Crippen molar-refractivity contribution in [2.24, 2.45) is 0 Å². The van der Waals surface area contributed by atoms with Crippen molar-refractivity contribution in [2.75, 3.05) is 19.6 Å². The molecule has 0 spiro atoms. The van der Waals surface area contributed by atoms with E-state index in [1.54, 1.807) is 0 Å². The Kier molecular flexibility index (Phi) is 3.30.